The Bertz CT molecular complexity index is 1110. The van der Waals surface area contributed by atoms with E-state index in [1.54, 1.807) is 12.1 Å². The van der Waals surface area contributed by atoms with Crippen LogP contribution in [0.3, 0.4) is 0 Å². The van der Waals surface area contributed by atoms with E-state index in [9.17, 15) is 9.18 Å². The van der Waals surface area contributed by atoms with Crippen LogP contribution in [0.25, 0.3) is 0 Å². The second-order valence-corrected chi connectivity index (χ2v) is 10.0. The van der Waals surface area contributed by atoms with E-state index < -0.39 is 0 Å². The van der Waals surface area contributed by atoms with Gasteiger partial charge in [0.2, 0.25) is 0 Å². The average molecular weight is 479 g/mol. The van der Waals surface area contributed by atoms with Crippen LogP contribution in [0.4, 0.5) is 4.39 Å². The molecule has 1 fully saturated rings. The van der Waals surface area contributed by atoms with Crippen LogP contribution in [0, 0.1) is 18.7 Å². The standard InChI is InChI=1S/C29H32ClFN2O/c1-20(2)33(29(34)23-10-14-26(31)15-11-23)18-24-17-32(16-22-8-12-25(30)13-9-22)19-28(24)27-7-5-4-6-21(27)3/h4-15,20,24,28H,16-19H2,1-3H3. The maximum atomic E-state index is 13.4. The number of halogens is 2. The molecule has 0 aliphatic carbocycles. The van der Waals surface area contributed by atoms with Crippen molar-refractivity contribution < 1.29 is 9.18 Å². The highest BCUT2D eigenvalue weighted by atomic mass is 35.5. The minimum absolute atomic E-state index is 0.0420. The lowest BCUT2D eigenvalue weighted by Crippen LogP contribution is -2.42. The summed E-state index contributed by atoms with van der Waals surface area (Å²) in [6.45, 7) is 9.61. The number of likely N-dealkylation sites (tertiary alicyclic amines) is 1. The van der Waals surface area contributed by atoms with E-state index in [1.165, 1.54) is 28.8 Å². The summed E-state index contributed by atoms with van der Waals surface area (Å²) in [6.07, 6.45) is 0. The second kappa shape index (κ2) is 10.7. The van der Waals surface area contributed by atoms with Crippen LogP contribution in [-0.4, -0.2) is 41.4 Å². The number of rotatable bonds is 7. The molecule has 0 saturated carbocycles. The number of hydrogen-bond acceptors (Lipinski definition) is 2. The van der Waals surface area contributed by atoms with Crippen molar-refractivity contribution in [3.05, 3.63) is 106 Å². The summed E-state index contributed by atoms with van der Waals surface area (Å²) in [5, 5.41) is 0.743. The smallest absolute Gasteiger partial charge is 0.254 e. The van der Waals surface area contributed by atoms with Crippen LogP contribution in [0.15, 0.2) is 72.8 Å². The summed E-state index contributed by atoms with van der Waals surface area (Å²) in [7, 11) is 0. The van der Waals surface area contributed by atoms with Crippen molar-refractivity contribution in [2.24, 2.45) is 5.92 Å². The molecule has 3 nitrogen and oxygen atoms in total. The van der Waals surface area contributed by atoms with Gasteiger partial charge in [-0.25, -0.2) is 4.39 Å². The van der Waals surface area contributed by atoms with E-state index >= 15 is 0 Å². The third-order valence-corrected chi connectivity index (χ3v) is 7.08. The molecule has 1 saturated heterocycles. The number of benzene rings is 3. The van der Waals surface area contributed by atoms with Crippen molar-refractivity contribution in [3.8, 4) is 0 Å². The van der Waals surface area contributed by atoms with Crippen molar-refractivity contribution in [1.82, 2.24) is 9.80 Å². The van der Waals surface area contributed by atoms with Crippen LogP contribution in [-0.2, 0) is 6.54 Å². The van der Waals surface area contributed by atoms with E-state index in [0.29, 0.717) is 23.9 Å². The second-order valence-electron chi connectivity index (χ2n) is 9.60. The molecular formula is C29H32ClFN2O. The van der Waals surface area contributed by atoms with Gasteiger partial charge in [-0.2, -0.15) is 0 Å². The van der Waals surface area contributed by atoms with Gasteiger partial charge in [0.25, 0.3) is 5.91 Å². The molecule has 34 heavy (non-hydrogen) atoms. The van der Waals surface area contributed by atoms with Crippen molar-refractivity contribution in [3.63, 3.8) is 0 Å². The highest BCUT2D eigenvalue weighted by Gasteiger charge is 2.37. The van der Waals surface area contributed by atoms with Crippen LogP contribution < -0.4 is 0 Å². The molecule has 0 bridgehead atoms. The third kappa shape index (κ3) is 5.68. The molecule has 0 aromatic heterocycles. The van der Waals surface area contributed by atoms with E-state index in [2.05, 4.69) is 48.2 Å². The highest BCUT2D eigenvalue weighted by Crippen LogP contribution is 2.36. The van der Waals surface area contributed by atoms with Crippen molar-refractivity contribution in [2.75, 3.05) is 19.6 Å². The lowest BCUT2D eigenvalue weighted by Gasteiger charge is -2.32. The van der Waals surface area contributed by atoms with Gasteiger partial charge in [0.05, 0.1) is 0 Å². The fourth-order valence-electron chi connectivity index (χ4n) is 5.02. The molecule has 1 heterocycles. The molecule has 0 radical (unpaired) electrons. The predicted molar refractivity (Wildman–Crippen MR) is 137 cm³/mol. The van der Waals surface area contributed by atoms with Gasteiger partial charge < -0.3 is 4.90 Å². The number of carbonyl (C=O) groups is 1. The number of carbonyl (C=O) groups excluding carboxylic acids is 1. The predicted octanol–water partition coefficient (Wildman–Crippen LogP) is 6.55. The normalized spacial score (nSPS) is 18.4. The Morgan fingerprint density at radius 3 is 2.35 bits per heavy atom. The van der Waals surface area contributed by atoms with Crippen LogP contribution >= 0.6 is 11.6 Å². The Morgan fingerprint density at radius 2 is 1.71 bits per heavy atom. The number of nitrogens with zero attached hydrogens (tertiary/aromatic N) is 2. The fourth-order valence-corrected chi connectivity index (χ4v) is 5.14. The number of hydrogen-bond donors (Lipinski definition) is 0. The minimum atomic E-state index is -0.333. The summed E-state index contributed by atoms with van der Waals surface area (Å²) in [4.78, 5) is 17.8. The topological polar surface area (TPSA) is 23.6 Å². The number of amides is 1. The Balaban J connectivity index is 1.58. The first-order valence-corrected chi connectivity index (χ1v) is 12.3. The summed E-state index contributed by atoms with van der Waals surface area (Å²) in [5.74, 6) is 0.242. The average Bonchev–Trinajstić information content (AvgIpc) is 3.21. The lowest BCUT2D eigenvalue weighted by molar-refractivity contribution is 0.0668. The first-order chi connectivity index (χ1) is 16.3. The monoisotopic (exact) mass is 478 g/mol. The van der Waals surface area contributed by atoms with Gasteiger partial charge in [-0.3, -0.25) is 9.69 Å². The highest BCUT2D eigenvalue weighted by molar-refractivity contribution is 6.30. The summed E-state index contributed by atoms with van der Waals surface area (Å²) < 4.78 is 13.4. The van der Waals surface area contributed by atoms with E-state index in [4.69, 9.17) is 11.6 Å². The largest absolute Gasteiger partial charge is 0.336 e. The van der Waals surface area contributed by atoms with E-state index in [0.717, 1.165) is 24.7 Å². The summed E-state index contributed by atoms with van der Waals surface area (Å²) in [6, 6.07) is 22.5. The molecule has 3 aromatic carbocycles. The van der Waals surface area contributed by atoms with Gasteiger partial charge in [-0.05, 0) is 79.8 Å². The van der Waals surface area contributed by atoms with Gasteiger partial charge in [0.1, 0.15) is 5.82 Å². The van der Waals surface area contributed by atoms with Gasteiger partial charge in [-0.15, -0.1) is 0 Å². The van der Waals surface area contributed by atoms with Gasteiger partial charge >= 0.3 is 0 Å². The molecule has 1 amide bonds. The lowest BCUT2D eigenvalue weighted by atomic mass is 9.86. The molecule has 0 N–H and O–H groups in total. The molecule has 1 aliphatic rings. The quantitative estimate of drug-likeness (QED) is 0.384. The fraction of sp³-hybridized carbons (Fsp3) is 0.345. The number of aryl methyl sites for hydroxylation is 1. The van der Waals surface area contributed by atoms with Gasteiger partial charge in [-0.1, -0.05) is 48.0 Å². The van der Waals surface area contributed by atoms with Gasteiger partial charge in [0.15, 0.2) is 0 Å². The molecule has 178 valence electrons. The summed E-state index contributed by atoms with van der Waals surface area (Å²) >= 11 is 6.08. The molecule has 2 unspecified atom stereocenters. The maximum absolute atomic E-state index is 13.4. The minimum Gasteiger partial charge on any atom is -0.336 e. The van der Waals surface area contributed by atoms with Crippen molar-refractivity contribution in [1.29, 1.82) is 0 Å². The third-order valence-electron chi connectivity index (χ3n) is 6.83. The molecule has 2 atom stereocenters. The van der Waals surface area contributed by atoms with Crippen LogP contribution in [0.5, 0.6) is 0 Å². The zero-order chi connectivity index (χ0) is 24.2. The first kappa shape index (κ1) is 24.4. The van der Waals surface area contributed by atoms with Crippen LogP contribution in [0.1, 0.15) is 46.8 Å². The maximum Gasteiger partial charge on any atom is 0.254 e. The Morgan fingerprint density at radius 1 is 1.03 bits per heavy atom. The zero-order valence-electron chi connectivity index (χ0n) is 20.0. The van der Waals surface area contributed by atoms with Crippen molar-refractivity contribution in [2.45, 2.75) is 39.3 Å². The molecule has 4 rings (SSSR count). The van der Waals surface area contributed by atoms with E-state index in [1.807, 2.05) is 30.9 Å². The molecular weight excluding hydrogens is 447 g/mol. The molecule has 0 spiro atoms. The SMILES string of the molecule is Cc1ccccc1C1CN(Cc2ccc(Cl)cc2)CC1CN(C(=O)c1ccc(F)cc1)C(C)C. The summed E-state index contributed by atoms with van der Waals surface area (Å²) in [5.41, 5.74) is 4.39. The van der Waals surface area contributed by atoms with Crippen molar-refractivity contribution >= 4 is 17.5 Å². The molecule has 5 heteroatoms. The first-order valence-electron chi connectivity index (χ1n) is 11.9. The van der Waals surface area contributed by atoms with Gasteiger partial charge in [0, 0.05) is 48.7 Å². The zero-order valence-corrected chi connectivity index (χ0v) is 20.8. The Labute approximate surface area is 207 Å². The Kier molecular flexibility index (Phi) is 7.70. The molecule has 3 aromatic rings. The van der Waals surface area contributed by atoms with Crippen LogP contribution in [0.2, 0.25) is 5.02 Å². The van der Waals surface area contributed by atoms with E-state index in [-0.39, 0.29) is 17.8 Å². The molecule has 1 aliphatic heterocycles. The Hall–Kier alpha value is -2.69.